The number of hydrogen-bond acceptors (Lipinski definition) is 15. The van der Waals surface area contributed by atoms with E-state index in [-0.39, 0.29) is 28.6 Å². The third-order valence-electron chi connectivity index (χ3n) is 7.31. The van der Waals surface area contributed by atoms with E-state index in [4.69, 9.17) is 28.4 Å². The maximum absolute atomic E-state index is 12.9. The lowest BCUT2D eigenvalue weighted by atomic mass is 9.98. The fourth-order valence-corrected chi connectivity index (χ4v) is 4.75. The Balaban J connectivity index is 1.46. The van der Waals surface area contributed by atoms with Gasteiger partial charge in [0.1, 0.15) is 65.5 Å². The summed E-state index contributed by atoms with van der Waals surface area (Å²) in [6, 6.07) is 6.80. The first-order valence-corrected chi connectivity index (χ1v) is 13.5. The van der Waals surface area contributed by atoms with E-state index < -0.39 is 79.6 Å². The first-order chi connectivity index (χ1) is 20.9. The van der Waals surface area contributed by atoms with Gasteiger partial charge in [-0.25, -0.2) is 0 Å². The van der Waals surface area contributed by atoms with Crippen molar-refractivity contribution < 1.29 is 74.1 Å². The summed E-state index contributed by atoms with van der Waals surface area (Å²) in [5, 5.41) is 82.0. The predicted molar refractivity (Wildman–Crippen MR) is 148 cm³/mol. The summed E-state index contributed by atoms with van der Waals surface area (Å²) in [5.74, 6) is -1.31. The van der Waals surface area contributed by atoms with Gasteiger partial charge in [0.25, 0.3) is 0 Å². The molecule has 2 heterocycles. The molecule has 0 saturated carbocycles. The fourth-order valence-electron chi connectivity index (χ4n) is 4.75. The number of aliphatic hydroxyl groups is 6. The molecule has 0 bridgehead atoms. The molecule has 44 heavy (non-hydrogen) atoms. The minimum atomic E-state index is -1.77. The Labute approximate surface area is 251 Å². The molecule has 2 fully saturated rings. The van der Waals surface area contributed by atoms with Crippen LogP contribution in [-0.4, -0.2) is 129 Å². The monoisotopic (exact) mass is 624 g/mol. The van der Waals surface area contributed by atoms with Crippen molar-refractivity contribution in [2.24, 2.45) is 0 Å². The molecule has 242 valence electrons. The summed E-state index contributed by atoms with van der Waals surface area (Å²) in [5.41, 5.74) is 0.263. The van der Waals surface area contributed by atoms with Crippen molar-refractivity contribution in [1.82, 2.24) is 0 Å². The fraction of sp³-hybridized carbons (Fsp3) is 0.483. The second kappa shape index (κ2) is 14.1. The van der Waals surface area contributed by atoms with Crippen LogP contribution in [-0.2, 0) is 14.2 Å². The smallest absolute Gasteiger partial charge is 0.229 e. The number of phenolic OH excluding ortho intramolecular Hbond substituents is 2. The molecule has 15 nitrogen and oxygen atoms in total. The van der Waals surface area contributed by atoms with E-state index in [0.29, 0.717) is 5.56 Å². The Kier molecular flexibility index (Phi) is 10.7. The Morgan fingerprint density at radius 1 is 0.795 bits per heavy atom. The Morgan fingerprint density at radius 3 is 2.11 bits per heavy atom. The molecule has 0 radical (unpaired) electrons. The molecule has 0 unspecified atom stereocenters. The Bertz CT molecular complexity index is 1330. The van der Waals surface area contributed by atoms with Crippen LogP contribution in [0.3, 0.4) is 0 Å². The van der Waals surface area contributed by atoms with Crippen molar-refractivity contribution in [2.75, 3.05) is 20.8 Å². The number of rotatable bonds is 10. The van der Waals surface area contributed by atoms with Gasteiger partial charge in [-0.05, 0) is 30.7 Å². The van der Waals surface area contributed by atoms with Gasteiger partial charge in [0.2, 0.25) is 6.29 Å². The van der Waals surface area contributed by atoms with Crippen LogP contribution in [0.4, 0.5) is 0 Å². The minimum Gasteiger partial charge on any atom is -0.507 e. The van der Waals surface area contributed by atoms with Crippen molar-refractivity contribution in [3.05, 3.63) is 47.5 Å². The van der Waals surface area contributed by atoms with Crippen LogP contribution < -0.4 is 14.2 Å². The summed E-state index contributed by atoms with van der Waals surface area (Å²) in [6.07, 6.45) is -12.4. The largest absolute Gasteiger partial charge is 0.507 e. The number of carbonyl (C=O) groups is 1. The van der Waals surface area contributed by atoms with Crippen molar-refractivity contribution in [3.63, 3.8) is 0 Å². The van der Waals surface area contributed by atoms with Gasteiger partial charge < -0.3 is 69.3 Å². The first-order valence-electron chi connectivity index (χ1n) is 13.5. The van der Waals surface area contributed by atoms with Crippen molar-refractivity contribution in [2.45, 2.75) is 68.3 Å². The average Bonchev–Trinajstić information content (AvgIpc) is 3.00. The topological polar surface area (TPSA) is 234 Å². The Morgan fingerprint density at radius 2 is 1.45 bits per heavy atom. The number of phenols is 2. The summed E-state index contributed by atoms with van der Waals surface area (Å²) < 4.78 is 32.3. The van der Waals surface area contributed by atoms with Crippen molar-refractivity contribution in [3.8, 4) is 28.7 Å². The molecule has 2 aromatic carbocycles. The maximum Gasteiger partial charge on any atom is 0.229 e. The maximum atomic E-state index is 12.9. The molecule has 10 atom stereocenters. The number of carbonyl (C=O) groups excluding carboxylic acids is 1. The predicted octanol–water partition coefficient (Wildman–Crippen LogP) is -0.958. The van der Waals surface area contributed by atoms with Gasteiger partial charge in [0, 0.05) is 12.1 Å². The number of allylic oxidation sites excluding steroid dienone is 1. The van der Waals surface area contributed by atoms with Crippen molar-refractivity contribution >= 4 is 11.9 Å². The molecule has 15 heteroatoms. The zero-order valence-electron chi connectivity index (χ0n) is 24.0. The normalized spacial score (nSPS) is 32.4. The van der Waals surface area contributed by atoms with Gasteiger partial charge >= 0.3 is 0 Å². The number of aliphatic hydroxyl groups excluding tert-OH is 6. The van der Waals surface area contributed by atoms with Gasteiger partial charge in [-0.15, -0.1) is 0 Å². The van der Waals surface area contributed by atoms with Crippen LogP contribution in [0.1, 0.15) is 22.8 Å². The zero-order valence-corrected chi connectivity index (χ0v) is 24.0. The highest BCUT2D eigenvalue weighted by Crippen LogP contribution is 2.36. The Hall–Kier alpha value is -3.51. The van der Waals surface area contributed by atoms with E-state index in [1.165, 1.54) is 45.4 Å². The molecular weight excluding hydrogens is 588 g/mol. The summed E-state index contributed by atoms with van der Waals surface area (Å²) in [7, 11) is 2.65. The van der Waals surface area contributed by atoms with Gasteiger partial charge in [-0.2, -0.15) is 0 Å². The second-order valence-electron chi connectivity index (χ2n) is 10.3. The minimum absolute atomic E-state index is 0.101. The molecule has 2 aliphatic heterocycles. The zero-order chi connectivity index (χ0) is 32.3. The summed E-state index contributed by atoms with van der Waals surface area (Å²) in [4.78, 5) is 12.9. The van der Waals surface area contributed by atoms with E-state index in [9.17, 15) is 45.6 Å². The molecular formula is C29H36O15. The molecule has 0 spiro atoms. The number of ketones is 1. The lowest BCUT2D eigenvalue weighted by Gasteiger charge is -2.42. The number of benzene rings is 2. The number of methoxy groups -OCH3 is 2. The van der Waals surface area contributed by atoms with Gasteiger partial charge in [0.15, 0.2) is 23.6 Å². The molecule has 0 aromatic heterocycles. The molecule has 2 saturated heterocycles. The average molecular weight is 625 g/mol. The van der Waals surface area contributed by atoms with E-state index >= 15 is 0 Å². The summed E-state index contributed by atoms with van der Waals surface area (Å²) >= 11 is 0. The van der Waals surface area contributed by atoms with Crippen LogP contribution in [0.5, 0.6) is 28.7 Å². The third kappa shape index (κ3) is 7.07. The molecule has 4 rings (SSSR count). The second-order valence-corrected chi connectivity index (χ2v) is 10.3. The number of ether oxygens (including phenoxy) is 6. The van der Waals surface area contributed by atoms with Crippen LogP contribution in [0, 0.1) is 0 Å². The van der Waals surface area contributed by atoms with Crippen LogP contribution in [0.2, 0.25) is 0 Å². The van der Waals surface area contributed by atoms with E-state index in [2.05, 4.69) is 0 Å². The first kappa shape index (κ1) is 33.4. The number of hydrogen-bond donors (Lipinski definition) is 8. The van der Waals surface area contributed by atoms with Gasteiger partial charge in [0.05, 0.1) is 26.9 Å². The molecule has 0 amide bonds. The van der Waals surface area contributed by atoms with Crippen LogP contribution in [0.15, 0.2) is 36.4 Å². The standard InChI is InChI=1S/C29H36O15/c1-12-22(33)24(35)26(37)28(42-12)41-11-20-23(34)25(36)27(38)29(44-20)43-14-9-17(32)21(19(10-14)40-3)15(30)6-4-13-5-7-18(39-2)16(31)8-13/h4-10,12,20,22-29,31-38H,11H2,1-3H3/b6-4+/t12-,20+,22+,23+,24+,25-,26+,27+,28-,29+/m1/s1. The van der Waals surface area contributed by atoms with Crippen LogP contribution in [0.25, 0.3) is 6.08 Å². The van der Waals surface area contributed by atoms with E-state index in [1.54, 1.807) is 6.07 Å². The van der Waals surface area contributed by atoms with Crippen molar-refractivity contribution in [1.29, 1.82) is 0 Å². The molecule has 2 aliphatic rings. The van der Waals surface area contributed by atoms with Crippen LogP contribution >= 0.6 is 0 Å². The molecule has 2 aromatic rings. The highest BCUT2D eigenvalue weighted by molar-refractivity contribution is 6.10. The number of aromatic hydroxyl groups is 2. The van der Waals surface area contributed by atoms with E-state index in [1.807, 2.05) is 0 Å². The van der Waals surface area contributed by atoms with Gasteiger partial charge in [-0.3, -0.25) is 4.79 Å². The molecule has 8 N–H and O–H groups in total. The highest BCUT2D eigenvalue weighted by atomic mass is 16.7. The summed E-state index contributed by atoms with van der Waals surface area (Å²) in [6.45, 7) is 0.958. The van der Waals surface area contributed by atoms with E-state index in [0.717, 1.165) is 12.1 Å². The van der Waals surface area contributed by atoms with Gasteiger partial charge in [-0.1, -0.05) is 12.1 Å². The highest BCUT2D eigenvalue weighted by Gasteiger charge is 2.47. The lowest BCUT2D eigenvalue weighted by Crippen LogP contribution is -2.61. The SMILES string of the molecule is COc1ccc(/C=C/C(=O)c2c(O)cc(O[C@H]3O[C@@H](CO[C@@H]4O[C@H](C)[C@H](O)[C@H](O)[C@@H]4O)[C@H](O)[C@@H](O)[C@@H]3O)cc2OC)cc1O. The molecule has 0 aliphatic carbocycles. The lowest BCUT2D eigenvalue weighted by molar-refractivity contribution is -0.318. The third-order valence-corrected chi connectivity index (χ3v) is 7.31. The quantitative estimate of drug-likeness (QED) is 0.117.